The van der Waals surface area contributed by atoms with Crippen LogP contribution in [0.4, 0.5) is 10.9 Å². The van der Waals surface area contributed by atoms with Crippen molar-refractivity contribution in [3.8, 4) is 0 Å². The molecule has 19 heavy (non-hydrogen) atoms. The lowest BCUT2D eigenvalue weighted by Gasteiger charge is -2.22. The molecule has 0 spiro atoms. The second kappa shape index (κ2) is 5.33. The van der Waals surface area contributed by atoms with Gasteiger partial charge in [0.15, 0.2) is 5.13 Å². The van der Waals surface area contributed by atoms with E-state index in [9.17, 15) is 13.2 Å². The molecule has 0 bridgehead atoms. The Balaban J connectivity index is 1.99. The summed E-state index contributed by atoms with van der Waals surface area (Å²) >= 11 is 1.18. The Kier molecular flexibility index (Phi) is 3.95. The number of nitrogens with one attached hydrogen (secondary N) is 2. The third-order valence-corrected chi connectivity index (χ3v) is 5.77. The summed E-state index contributed by atoms with van der Waals surface area (Å²) in [5, 5.41) is 6.21. The van der Waals surface area contributed by atoms with E-state index in [1.165, 1.54) is 11.3 Å². The summed E-state index contributed by atoms with van der Waals surface area (Å²) in [4.78, 5) is 16.4. The normalized spacial score (nSPS) is 19.0. The largest absolute Gasteiger partial charge is 0.382 e. The minimum Gasteiger partial charge on any atom is -0.382 e. The number of nitrogen functional groups attached to an aromatic ring is 1. The first-order chi connectivity index (χ1) is 8.91. The highest BCUT2D eigenvalue weighted by Crippen LogP contribution is 2.24. The zero-order valence-corrected chi connectivity index (χ0v) is 12.1. The van der Waals surface area contributed by atoms with Crippen molar-refractivity contribution >= 4 is 38.0 Å². The summed E-state index contributed by atoms with van der Waals surface area (Å²) in [6, 6.07) is -0.115. The first-order valence-corrected chi connectivity index (χ1v) is 8.50. The minimum atomic E-state index is -2.92. The molecule has 0 atom stereocenters. The third kappa shape index (κ3) is 3.35. The summed E-state index contributed by atoms with van der Waals surface area (Å²) in [6.45, 7) is 0. The van der Waals surface area contributed by atoms with Crippen LogP contribution in [0, 0.1) is 0 Å². The van der Waals surface area contributed by atoms with Gasteiger partial charge in [-0.2, -0.15) is 0 Å². The Morgan fingerprint density at radius 3 is 2.58 bits per heavy atom. The molecule has 1 amide bonds. The molecule has 9 heteroatoms. The number of thiazole rings is 1. The van der Waals surface area contributed by atoms with Crippen molar-refractivity contribution in [2.45, 2.75) is 18.9 Å². The molecule has 4 N–H and O–H groups in total. The van der Waals surface area contributed by atoms with Crippen LogP contribution in [0.2, 0.25) is 0 Å². The number of carbonyl (C=O) groups excluding carboxylic acids is 1. The second-order valence-corrected chi connectivity index (χ2v) is 7.69. The summed E-state index contributed by atoms with van der Waals surface area (Å²) in [6.07, 6.45) is 0.900. The fourth-order valence-electron chi connectivity index (χ4n) is 1.89. The van der Waals surface area contributed by atoms with Crippen LogP contribution in [-0.4, -0.2) is 43.9 Å². The molecule has 7 nitrogen and oxygen atoms in total. The molecule has 2 heterocycles. The zero-order valence-electron chi connectivity index (χ0n) is 10.5. The lowest BCUT2D eigenvalue weighted by molar-refractivity contribution is 0.0939. The van der Waals surface area contributed by atoms with Gasteiger partial charge in [0.1, 0.15) is 20.5 Å². The number of sulfone groups is 1. The van der Waals surface area contributed by atoms with E-state index >= 15 is 0 Å². The van der Waals surface area contributed by atoms with E-state index in [1.54, 1.807) is 7.05 Å². The van der Waals surface area contributed by atoms with E-state index in [1.807, 2.05) is 0 Å². The molecule has 106 valence electrons. The van der Waals surface area contributed by atoms with Gasteiger partial charge >= 0.3 is 0 Å². The van der Waals surface area contributed by atoms with Crippen LogP contribution in [0.1, 0.15) is 22.5 Å². The number of anilines is 2. The number of nitrogens with two attached hydrogens (primary N) is 1. The topological polar surface area (TPSA) is 114 Å². The Hall–Kier alpha value is -1.35. The molecule has 0 unspecified atom stereocenters. The van der Waals surface area contributed by atoms with Crippen LogP contribution in [-0.2, 0) is 9.84 Å². The van der Waals surface area contributed by atoms with E-state index < -0.39 is 9.84 Å². The van der Waals surface area contributed by atoms with Gasteiger partial charge in [-0.25, -0.2) is 13.4 Å². The molecular formula is C10H16N4O3S2. The lowest BCUT2D eigenvalue weighted by Crippen LogP contribution is -2.40. The third-order valence-electron chi connectivity index (χ3n) is 2.96. The van der Waals surface area contributed by atoms with Crippen molar-refractivity contribution in [1.82, 2.24) is 10.3 Å². The molecule has 1 saturated heterocycles. The van der Waals surface area contributed by atoms with Crippen molar-refractivity contribution in [2.24, 2.45) is 0 Å². The van der Waals surface area contributed by atoms with E-state index in [2.05, 4.69) is 15.6 Å². The van der Waals surface area contributed by atoms with Gasteiger partial charge < -0.3 is 16.4 Å². The standard InChI is InChI=1S/C10H16N4O3S2/c1-12-10-14-8(11)7(18-10)9(15)13-6-2-4-19(16,17)5-3-6/h6H,2-5,11H2,1H3,(H,12,14)(H,13,15). The molecule has 0 radical (unpaired) electrons. The first-order valence-electron chi connectivity index (χ1n) is 5.86. The highest BCUT2D eigenvalue weighted by Gasteiger charge is 2.26. The minimum absolute atomic E-state index is 0.115. The number of hydrogen-bond acceptors (Lipinski definition) is 7. The molecule has 0 aromatic carbocycles. The maximum Gasteiger partial charge on any atom is 0.265 e. The summed E-state index contributed by atoms with van der Waals surface area (Å²) in [5.41, 5.74) is 5.67. The van der Waals surface area contributed by atoms with Gasteiger partial charge in [0.2, 0.25) is 0 Å². The fraction of sp³-hybridized carbons (Fsp3) is 0.600. The molecule has 0 saturated carbocycles. The van der Waals surface area contributed by atoms with Gasteiger partial charge in [0, 0.05) is 13.1 Å². The molecule has 1 aliphatic heterocycles. The van der Waals surface area contributed by atoms with Crippen molar-refractivity contribution in [2.75, 3.05) is 29.6 Å². The van der Waals surface area contributed by atoms with E-state index in [0.29, 0.717) is 22.9 Å². The maximum atomic E-state index is 12.0. The SMILES string of the molecule is CNc1nc(N)c(C(=O)NC2CCS(=O)(=O)CC2)s1. The predicted octanol–water partition coefficient (Wildman–Crippen LogP) is 0.0740. The number of nitrogens with zero attached hydrogens (tertiary/aromatic N) is 1. The Morgan fingerprint density at radius 1 is 1.42 bits per heavy atom. The summed E-state index contributed by atoms with van der Waals surface area (Å²) in [7, 11) is -1.22. The number of aromatic nitrogens is 1. The molecule has 1 fully saturated rings. The van der Waals surface area contributed by atoms with Gasteiger partial charge in [-0.15, -0.1) is 0 Å². The quantitative estimate of drug-likeness (QED) is 0.728. The van der Waals surface area contributed by atoms with Crippen molar-refractivity contribution in [1.29, 1.82) is 0 Å². The summed E-state index contributed by atoms with van der Waals surface area (Å²) in [5.74, 6) is 0.145. The van der Waals surface area contributed by atoms with E-state index in [-0.39, 0.29) is 29.3 Å². The van der Waals surface area contributed by atoms with Crippen LogP contribution in [0.3, 0.4) is 0 Å². The van der Waals surface area contributed by atoms with Crippen LogP contribution in [0.25, 0.3) is 0 Å². The average molecular weight is 304 g/mol. The smallest absolute Gasteiger partial charge is 0.265 e. The molecule has 1 aromatic rings. The van der Waals surface area contributed by atoms with Crippen LogP contribution in [0.15, 0.2) is 0 Å². The molecule has 1 aromatic heterocycles. The monoisotopic (exact) mass is 304 g/mol. The van der Waals surface area contributed by atoms with Gasteiger partial charge in [-0.1, -0.05) is 11.3 Å². The van der Waals surface area contributed by atoms with Gasteiger partial charge in [-0.05, 0) is 12.8 Å². The molecule has 2 rings (SSSR count). The highest BCUT2D eigenvalue weighted by atomic mass is 32.2. The van der Waals surface area contributed by atoms with Gasteiger partial charge in [0.05, 0.1) is 11.5 Å². The van der Waals surface area contributed by atoms with Crippen LogP contribution >= 0.6 is 11.3 Å². The van der Waals surface area contributed by atoms with Crippen LogP contribution < -0.4 is 16.4 Å². The van der Waals surface area contributed by atoms with Crippen LogP contribution in [0.5, 0.6) is 0 Å². The Labute approximate surface area is 115 Å². The average Bonchev–Trinajstić information content (AvgIpc) is 2.73. The first kappa shape index (κ1) is 14.1. The fourth-order valence-corrected chi connectivity index (χ4v) is 4.12. The van der Waals surface area contributed by atoms with Gasteiger partial charge in [0.25, 0.3) is 5.91 Å². The van der Waals surface area contributed by atoms with Crippen molar-refractivity contribution in [3.63, 3.8) is 0 Å². The summed E-state index contributed by atoms with van der Waals surface area (Å²) < 4.78 is 22.6. The van der Waals surface area contributed by atoms with Gasteiger partial charge in [-0.3, -0.25) is 4.79 Å². The number of rotatable bonds is 3. The predicted molar refractivity (Wildman–Crippen MR) is 75.2 cm³/mol. The van der Waals surface area contributed by atoms with Crippen molar-refractivity contribution < 1.29 is 13.2 Å². The molecular weight excluding hydrogens is 288 g/mol. The number of amides is 1. The van der Waals surface area contributed by atoms with Crippen molar-refractivity contribution in [3.05, 3.63) is 4.88 Å². The van der Waals surface area contributed by atoms with E-state index in [4.69, 9.17) is 5.73 Å². The lowest BCUT2D eigenvalue weighted by atomic mass is 10.1. The Bertz CT molecular complexity index is 568. The zero-order chi connectivity index (χ0) is 14.0. The highest BCUT2D eigenvalue weighted by molar-refractivity contribution is 7.91. The molecule has 1 aliphatic rings. The Morgan fingerprint density at radius 2 is 2.05 bits per heavy atom. The van der Waals surface area contributed by atoms with E-state index in [0.717, 1.165) is 0 Å². The molecule has 0 aliphatic carbocycles. The second-order valence-electron chi connectivity index (χ2n) is 4.38. The number of hydrogen-bond donors (Lipinski definition) is 3. The number of carbonyl (C=O) groups is 1. The maximum absolute atomic E-state index is 12.0.